The largest absolute Gasteiger partial charge is 0.326 e. The Kier molecular flexibility index (Phi) is 6.21. The molecular formula is C17H27N3O. The number of carbonyl (C=O) groups is 1. The van der Waals surface area contributed by atoms with E-state index in [2.05, 4.69) is 34.6 Å². The van der Waals surface area contributed by atoms with Crippen LogP contribution in [0, 0.1) is 0 Å². The highest BCUT2D eigenvalue weighted by molar-refractivity contribution is 5.88. The van der Waals surface area contributed by atoms with Crippen LogP contribution in [0.4, 0.5) is 5.69 Å². The summed E-state index contributed by atoms with van der Waals surface area (Å²) in [6.45, 7) is 8.16. The van der Waals surface area contributed by atoms with Gasteiger partial charge in [-0.2, -0.15) is 0 Å². The molecule has 1 aliphatic heterocycles. The van der Waals surface area contributed by atoms with Crippen molar-refractivity contribution in [3.63, 3.8) is 0 Å². The van der Waals surface area contributed by atoms with Crippen LogP contribution in [0.5, 0.6) is 0 Å². The van der Waals surface area contributed by atoms with E-state index in [1.807, 2.05) is 12.1 Å². The van der Waals surface area contributed by atoms with E-state index in [1.54, 1.807) is 0 Å². The van der Waals surface area contributed by atoms with Crippen molar-refractivity contribution in [1.82, 2.24) is 10.2 Å². The van der Waals surface area contributed by atoms with Crippen LogP contribution in [0.25, 0.3) is 0 Å². The summed E-state index contributed by atoms with van der Waals surface area (Å²) >= 11 is 0. The van der Waals surface area contributed by atoms with Crippen LogP contribution in [-0.2, 0) is 11.3 Å². The zero-order valence-electron chi connectivity index (χ0n) is 13.2. The SMILES string of the molecule is CCCN(Cc1ccc(NC(C)=O)cc1)C1CCCNC1. The van der Waals surface area contributed by atoms with Crippen LogP contribution in [0.15, 0.2) is 24.3 Å². The number of nitrogens with zero attached hydrogens (tertiary/aromatic N) is 1. The summed E-state index contributed by atoms with van der Waals surface area (Å²) in [5.74, 6) is -0.0244. The first kappa shape index (κ1) is 16.0. The summed E-state index contributed by atoms with van der Waals surface area (Å²) in [4.78, 5) is 13.6. The van der Waals surface area contributed by atoms with Crippen molar-refractivity contribution in [2.45, 2.75) is 45.7 Å². The minimum absolute atomic E-state index is 0.0244. The Bertz CT molecular complexity index is 438. The summed E-state index contributed by atoms with van der Waals surface area (Å²) < 4.78 is 0. The third-order valence-electron chi connectivity index (χ3n) is 3.96. The molecule has 2 N–H and O–H groups in total. The van der Waals surface area contributed by atoms with E-state index >= 15 is 0 Å². The van der Waals surface area contributed by atoms with E-state index in [9.17, 15) is 4.79 Å². The van der Waals surface area contributed by atoms with Gasteiger partial charge in [-0.3, -0.25) is 9.69 Å². The number of rotatable bonds is 6. The molecule has 4 heteroatoms. The van der Waals surface area contributed by atoms with Gasteiger partial charge in [0.25, 0.3) is 0 Å². The molecule has 0 bridgehead atoms. The normalized spacial score (nSPS) is 18.7. The maximum absolute atomic E-state index is 11.0. The van der Waals surface area contributed by atoms with Gasteiger partial charge >= 0.3 is 0 Å². The van der Waals surface area contributed by atoms with Gasteiger partial charge in [-0.25, -0.2) is 0 Å². The molecule has 1 unspecified atom stereocenters. The van der Waals surface area contributed by atoms with E-state index in [0.29, 0.717) is 6.04 Å². The fourth-order valence-corrected chi connectivity index (χ4v) is 2.95. The first-order valence-electron chi connectivity index (χ1n) is 8.00. The average molecular weight is 289 g/mol. The second-order valence-electron chi connectivity index (χ2n) is 5.85. The fraction of sp³-hybridized carbons (Fsp3) is 0.588. The minimum atomic E-state index is -0.0244. The van der Waals surface area contributed by atoms with Gasteiger partial charge < -0.3 is 10.6 Å². The number of hydrogen-bond acceptors (Lipinski definition) is 3. The molecule has 0 aliphatic carbocycles. The van der Waals surface area contributed by atoms with Gasteiger partial charge in [-0.15, -0.1) is 0 Å². The lowest BCUT2D eigenvalue weighted by Crippen LogP contribution is -2.45. The number of nitrogens with one attached hydrogen (secondary N) is 2. The molecule has 1 aliphatic rings. The molecule has 0 radical (unpaired) electrons. The Morgan fingerprint density at radius 2 is 2.14 bits per heavy atom. The third kappa shape index (κ3) is 5.14. The van der Waals surface area contributed by atoms with Gasteiger partial charge in [0, 0.05) is 31.7 Å². The van der Waals surface area contributed by atoms with Crippen LogP contribution in [0.1, 0.15) is 38.7 Å². The number of benzene rings is 1. The molecule has 4 nitrogen and oxygen atoms in total. The Hall–Kier alpha value is -1.39. The Labute approximate surface area is 127 Å². The molecule has 0 spiro atoms. The van der Waals surface area contributed by atoms with Crippen molar-refractivity contribution in [1.29, 1.82) is 0 Å². The second kappa shape index (κ2) is 8.15. The molecular weight excluding hydrogens is 262 g/mol. The van der Waals surface area contributed by atoms with E-state index in [4.69, 9.17) is 0 Å². The summed E-state index contributed by atoms with van der Waals surface area (Å²) in [5, 5.41) is 6.31. The lowest BCUT2D eigenvalue weighted by Gasteiger charge is -2.34. The molecule has 21 heavy (non-hydrogen) atoms. The molecule has 1 heterocycles. The lowest BCUT2D eigenvalue weighted by molar-refractivity contribution is -0.114. The van der Waals surface area contributed by atoms with Crippen LogP contribution >= 0.6 is 0 Å². The standard InChI is InChI=1S/C17H27N3O/c1-3-11-20(17-5-4-10-18-12-17)13-15-6-8-16(9-7-15)19-14(2)21/h6-9,17-18H,3-5,10-13H2,1-2H3,(H,19,21). The van der Waals surface area contributed by atoms with Gasteiger partial charge in [0.1, 0.15) is 0 Å². The van der Waals surface area contributed by atoms with Crippen LogP contribution in [-0.4, -0.2) is 36.5 Å². The molecule has 1 fully saturated rings. The number of anilines is 1. The van der Waals surface area contributed by atoms with Crippen molar-refractivity contribution in [2.24, 2.45) is 0 Å². The Morgan fingerprint density at radius 1 is 1.38 bits per heavy atom. The zero-order valence-corrected chi connectivity index (χ0v) is 13.2. The smallest absolute Gasteiger partial charge is 0.221 e. The topological polar surface area (TPSA) is 44.4 Å². The summed E-state index contributed by atoms with van der Waals surface area (Å²) in [6, 6.07) is 8.85. The maximum Gasteiger partial charge on any atom is 0.221 e. The van der Waals surface area contributed by atoms with Crippen LogP contribution in [0.2, 0.25) is 0 Å². The predicted octanol–water partition coefficient (Wildman–Crippen LogP) is 2.61. The molecule has 2 rings (SSSR count). The first-order valence-corrected chi connectivity index (χ1v) is 8.00. The molecule has 0 saturated carbocycles. The number of hydrogen-bond donors (Lipinski definition) is 2. The van der Waals surface area contributed by atoms with E-state index in [0.717, 1.165) is 31.9 Å². The Morgan fingerprint density at radius 3 is 2.71 bits per heavy atom. The van der Waals surface area contributed by atoms with E-state index in [1.165, 1.54) is 31.7 Å². The molecule has 0 aromatic heterocycles. The highest BCUT2D eigenvalue weighted by Crippen LogP contribution is 2.16. The number of carbonyl (C=O) groups excluding carboxylic acids is 1. The molecule has 1 aromatic rings. The molecule has 116 valence electrons. The maximum atomic E-state index is 11.0. The monoisotopic (exact) mass is 289 g/mol. The van der Waals surface area contributed by atoms with Crippen molar-refractivity contribution < 1.29 is 4.79 Å². The second-order valence-corrected chi connectivity index (χ2v) is 5.85. The van der Waals surface area contributed by atoms with E-state index in [-0.39, 0.29) is 5.91 Å². The van der Waals surface area contributed by atoms with Gasteiger partial charge in [0.05, 0.1) is 0 Å². The first-order chi connectivity index (χ1) is 10.2. The summed E-state index contributed by atoms with van der Waals surface area (Å²) in [5.41, 5.74) is 2.18. The third-order valence-corrected chi connectivity index (χ3v) is 3.96. The lowest BCUT2D eigenvalue weighted by atomic mass is 10.0. The molecule has 1 atom stereocenters. The summed E-state index contributed by atoms with van der Waals surface area (Å²) in [6.07, 6.45) is 3.74. The molecule has 1 amide bonds. The Balaban J connectivity index is 1.97. The minimum Gasteiger partial charge on any atom is -0.326 e. The van der Waals surface area contributed by atoms with Crippen molar-refractivity contribution >= 4 is 11.6 Å². The van der Waals surface area contributed by atoms with E-state index < -0.39 is 0 Å². The fourth-order valence-electron chi connectivity index (χ4n) is 2.95. The van der Waals surface area contributed by atoms with Crippen molar-refractivity contribution in [3.8, 4) is 0 Å². The van der Waals surface area contributed by atoms with Gasteiger partial charge in [-0.05, 0) is 50.0 Å². The van der Waals surface area contributed by atoms with Crippen molar-refractivity contribution in [3.05, 3.63) is 29.8 Å². The van der Waals surface area contributed by atoms with Gasteiger partial charge in [-0.1, -0.05) is 19.1 Å². The highest BCUT2D eigenvalue weighted by atomic mass is 16.1. The zero-order chi connectivity index (χ0) is 15.1. The van der Waals surface area contributed by atoms with Crippen molar-refractivity contribution in [2.75, 3.05) is 25.0 Å². The van der Waals surface area contributed by atoms with Gasteiger partial charge in [0.15, 0.2) is 0 Å². The molecule has 1 aromatic carbocycles. The predicted molar refractivity (Wildman–Crippen MR) is 87.3 cm³/mol. The molecule has 1 saturated heterocycles. The number of amides is 1. The average Bonchev–Trinajstić information content (AvgIpc) is 2.49. The number of piperidine rings is 1. The van der Waals surface area contributed by atoms with Crippen LogP contribution < -0.4 is 10.6 Å². The van der Waals surface area contributed by atoms with Gasteiger partial charge in [0.2, 0.25) is 5.91 Å². The summed E-state index contributed by atoms with van der Waals surface area (Å²) in [7, 11) is 0. The van der Waals surface area contributed by atoms with Crippen LogP contribution in [0.3, 0.4) is 0 Å². The highest BCUT2D eigenvalue weighted by Gasteiger charge is 2.20. The quantitative estimate of drug-likeness (QED) is 0.846.